The second-order valence-corrected chi connectivity index (χ2v) is 6.33. The van der Waals surface area contributed by atoms with Crippen molar-refractivity contribution in [3.63, 3.8) is 0 Å². The van der Waals surface area contributed by atoms with Gasteiger partial charge in [0.15, 0.2) is 0 Å². The number of thioether (sulfide) groups is 1. The highest BCUT2D eigenvalue weighted by Crippen LogP contribution is 2.26. The van der Waals surface area contributed by atoms with E-state index in [1.807, 2.05) is 29.2 Å². The lowest BCUT2D eigenvalue weighted by Crippen LogP contribution is -2.40. The largest absolute Gasteiger partial charge is 0.394 e. The van der Waals surface area contributed by atoms with Crippen LogP contribution in [0.5, 0.6) is 0 Å². The van der Waals surface area contributed by atoms with Crippen LogP contribution in [0.15, 0.2) is 29.2 Å². The Morgan fingerprint density at radius 2 is 2.16 bits per heavy atom. The van der Waals surface area contributed by atoms with Gasteiger partial charge in [-0.05, 0) is 36.6 Å². The molecule has 1 N–H and O–H groups in total. The fourth-order valence-electron chi connectivity index (χ4n) is 2.36. The topological polar surface area (TPSA) is 40.5 Å². The van der Waals surface area contributed by atoms with Crippen LogP contribution >= 0.6 is 23.4 Å². The van der Waals surface area contributed by atoms with Crippen molar-refractivity contribution in [2.24, 2.45) is 5.92 Å². The maximum Gasteiger partial charge on any atom is 0.233 e. The molecule has 0 aromatic heterocycles. The van der Waals surface area contributed by atoms with Crippen LogP contribution in [0.4, 0.5) is 0 Å². The molecule has 19 heavy (non-hydrogen) atoms. The van der Waals surface area contributed by atoms with Gasteiger partial charge >= 0.3 is 0 Å². The van der Waals surface area contributed by atoms with Crippen molar-refractivity contribution in [3.05, 3.63) is 29.3 Å². The fourth-order valence-corrected chi connectivity index (χ4v) is 3.27. The Balaban J connectivity index is 1.89. The quantitative estimate of drug-likeness (QED) is 0.869. The van der Waals surface area contributed by atoms with Gasteiger partial charge in [-0.25, -0.2) is 0 Å². The Hall–Kier alpha value is -0.710. The molecule has 1 saturated heterocycles. The number of benzene rings is 1. The molecule has 2 rings (SSSR count). The average Bonchev–Trinajstić information content (AvgIpc) is 2.79. The lowest BCUT2D eigenvalue weighted by molar-refractivity contribution is -0.130. The van der Waals surface area contributed by atoms with Crippen LogP contribution in [0.3, 0.4) is 0 Å². The number of amides is 1. The Labute approximate surface area is 122 Å². The number of carbonyl (C=O) groups is 1. The number of likely N-dealkylation sites (tertiary alicyclic amines) is 1. The predicted molar refractivity (Wildman–Crippen MR) is 78.5 cm³/mol. The van der Waals surface area contributed by atoms with Crippen molar-refractivity contribution in [2.75, 3.05) is 18.9 Å². The molecule has 5 heteroatoms. The number of carbonyl (C=O) groups excluding carboxylic acids is 1. The summed E-state index contributed by atoms with van der Waals surface area (Å²) in [7, 11) is 0. The summed E-state index contributed by atoms with van der Waals surface area (Å²) in [6, 6.07) is 7.46. The monoisotopic (exact) mass is 299 g/mol. The van der Waals surface area contributed by atoms with Gasteiger partial charge in [-0.15, -0.1) is 11.8 Å². The van der Waals surface area contributed by atoms with Gasteiger partial charge in [0.2, 0.25) is 5.91 Å². The minimum absolute atomic E-state index is 0.0154. The van der Waals surface area contributed by atoms with Crippen LogP contribution in [-0.2, 0) is 4.79 Å². The highest BCUT2D eigenvalue weighted by Gasteiger charge is 2.33. The lowest BCUT2D eigenvalue weighted by Gasteiger charge is -2.25. The van der Waals surface area contributed by atoms with E-state index in [2.05, 4.69) is 6.92 Å². The molecule has 1 aliphatic heterocycles. The Bertz CT molecular complexity index is 438. The zero-order valence-corrected chi connectivity index (χ0v) is 12.5. The lowest BCUT2D eigenvalue weighted by atomic mass is 10.0. The summed E-state index contributed by atoms with van der Waals surface area (Å²) >= 11 is 7.33. The van der Waals surface area contributed by atoms with Gasteiger partial charge in [-0.2, -0.15) is 0 Å². The van der Waals surface area contributed by atoms with Crippen molar-refractivity contribution < 1.29 is 9.90 Å². The first-order valence-corrected chi connectivity index (χ1v) is 7.77. The fraction of sp³-hybridized carbons (Fsp3) is 0.500. The molecule has 2 unspecified atom stereocenters. The van der Waals surface area contributed by atoms with Crippen LogP contribution in [0.1, 0.15) is 13.3 Å². The molecule has 1 heterocycles. The van der Waals surface area contributed by atoms with Gasteiger partial charge in [0, 0.05) is 16.5 Å². The Morgan fingerprint density at radius 3 is 2.79 bits per heavy atom. The molecule has 0 aliphatic carbocycles. The molecule has 0 saturated carbocycles. The predicted octanol–water partition coefficient (Wildman–Crippen LogP) is 2.66. The molecular weight excluding hydrogens is 282 g/mol. The standard InChI is InChI=1S/C14H18ClNO2S/c1-10-6-7-16(13(10)8-17)14(18)9-19-12-4-2-11(15)3-5-12/h2-5,10,13,17H,6-9H2,1H3. The normalized spacial score (nSPS) is 22.8. The molecule has 3 nitrogen and oxygen atoms in total. The number of aliphatic hydroxyl groups is 1. The van der Waals surface area contributed by atoms with Crippen molar-refractivity contribution in [1.29, 1.82) is 0 Å². The van der Waals surface area contributed by atoms with Crippen molar-refractivity contribution in [1.82, 2.24) is 4.90 Å². The van der Waals surface area contributed by atoms with Gasteiger partial charge in [0.05, 0.1) is 18.4 Å². The molecule has 104 valence electrons. The van der Waals surface area contributed by atoms with E-state index in [9.17, 15) is 9.90 Å². The van der Waals surface area contributed by atoms with Crippen LogP contribution in [0, 0.1) is 5.92 Å². The van der Waals surface area contributed by atoms with Crippen LogP contribution in [-0.4, -0.2) is 40.9 Å². The van der Waals surface area contributed by atoms with Crippen molar-refractivity contribution in [3.8, 4) is 0 Å². The summed E-state index contributed by atoms with van der Waals surface area (Å²) in [5.74, 6) is 0.892. The van der Waals surface area contributed by atoms with Gasteiger partial charge < -0.3 is 10.0 Å². The van der Waals surface area contributed by atoms with E-state index in [-0.39, 0.29) is 18.6 Å². The summed E-state index contributed by atoms with van der Waals surface area (Å²) < 4.78 is 0. The molecule has 1 amide bonds. The van der Waals surface area contributed by atoms with E-state index in [4.69, 9.17) is 11.6 Å². The molecule has 1 aromatic carbocycles. The Morgan fingerprint density at radius 1 is 1.47 bits per heavy atom. The maximum absolute atomic E-state index is 12.2. The highest BCUT2D eigenvalue weighted by atomic mass is 35.5. The van der Waals surface area contributed by atoms with Crippen LogP contribution in [0.25, 0.3) is 0 Å². The summed E-state index contributed by atoms with van der Waals surface area (Å²) in [5.41, 5.74) is 0. The van der Waals surface area contributed by atoms with E-state index < -0.39 is 0 Å². The maximum atomic E-state index is 12.2. The number of halogens is 1. The van der Waals surface area contributed by atoms with Gasteiger partial charge in [0.25, 0.3) is 0 Å². The number of nitrogens with zero attached hydrogens (tertiary/aromatic N) is 1. The molecule has 0 radical (unpaired) electrons. The minimum atomic E-state index is -0.0154. The summed E-state index contributed by atoms with van der Waals surface area (Å²) in [5, 5.41) is 10.1. The molecule has 0 bridgehead atoms. The smallest absolute Gasteiger partial charge is 0.233 e. The Kier molecular flexibility index (Phi) is 5.13. The van der Waals surface area contributed by atoms with Crippen molar-refractivity contribution in [2.45, 2.75) is 24.3 Å². The SMILES string of the molecule is CC1CCN(C(=O)CSc2ccc(Cl)cc2)C1CO. The summed E-state index contributed by atoms with van der Waals surface area (Å²) in [6.45, 7) is 2.89. The van der Waals surface area contributed by atoms with E-state index >= 15 is 0 Å². The van der Waals surface area contributed by atoms with Gasteiger partial charge in [-0.3, -0.25) is 4.79 Å². The molecule has 1 aliphatic rings. The second kappa shape index (κ2) is 6.64. The van der Waals surface area contributed by atoms with Gasteiger partial charge in [-0.1, -0.05) is 18.5 Å². The summed E-state index contributed by atoms with van der Waals surface area (Å²) in [6.07, 6.45) is 0.975. The number of rotatable bonds is 4. The number of aliphatic hydroxyl groups excluding tert-OH is 1. The second-order valence-electron chi connectivity index (χ2n) is 4.85. The molecule has 1 fully saturated rings. The molecule has 1 aromatic rings. The third-order valence-electron chi connectivity index (χ3n) is 3.57. The van der Waals surface area contributed by atoms with E-state index in [1.54, 1.807) is 0 Å². The van der Waals surface area contributed by atoms with E-state index in [0.717, 1.165) is 17.9 Å². The number of hydrogen-bond acceptors (Lipinski definition) is 3. The number of hydrogen-bond donors (Lipinski definition) is 1. The molecule has 0 spiro atoms. The molecular formula is C14H18ClNO2S. The average molecular weight is 300 g/mol. The third kappa shape index (κ3) is 3.65. The van der Waals surface area contributed by atoms with E-state index in [0.29, 0.717) is 16.7 Å². The first kappa shape index (κ1) is 14.7. The minimum Gasteiger partial charge on any atom is -0.394 e. The molecule has 2 atom stereocenters. The first-order valence-electron chi connectivity index (χ1n) is 6.40. The van der Waals surface area contributed by atoms with E-state index in [1.165, 1.54) is 11.8 Å². The summed E-state index contributed by atoms with van der Waals surface area (Å²) in [4.78, 5) is 15.0. The van der Waals surface area contributed by atoms with Crippen LogP contribution in [0.2, 0.25) is 5.02 Å². The zero-order valence-electron chi connectivity index (χ0n) is 10.9. The van der Waals surface area contributed by atoms with Gasteiger partial charge in [0.1, 0.15) is 0 Å². The van der Waals surface area contributed by atoms with Crippen LogP contribution < -0.4 is 0 Å². The first-order chi connectivity index (χ1) is 9.11. The highest BCUT2D eigenvalue weighted by molar-refractivity contribution is 8.00. The zero-order chi connectivity index (χ0) is 13.8. The third-order valence-corrected chi connectivity index (χ3v) is 4.81. The van der Waals surface area contributed by atoms with Crippen molar-refractivity contribution >= 4 is 29.3 Å².